The van der Waals surface area contributed by atoms with Gasteiger partial charge in [-0.15, -0.1) is 0 Å². The largest absolute Gasteiger partial charge is 0.462 e. The number of amides is 1. The first kappa shape index (κ1) is 55.6. The van der Waals surface area contributed by atoms with Crippen LogP contribution in [-0.4, -0.2) is 46.9 Å². The lowest BCUT2D eigenvalue weighted by molar-refractivity contribution is -0.151. The zero-order valence-corrected chi connectivity index (χ0v) is 38.5. The molecule has 0 saturated carbocycles. The normalized spacial score (nSPS) is 13.3. The Kier molecular flexibility index (Phi) is 44.6. The molecular weight excluding hydrogens is 707 g/mol. The van der Waals surface area contributed by atoms with E-state index in [1.54, 1.807) is 0 Å². The quantitative estimate of drug-likeness (QED) is 0.0323. The van der Waals surface area contributed by atoms with E-state index >= 15 is 0 Å². The Bertz CT molecular complexity index is 863. The van der Waals surface area contributed by atoms with Crippen molar-refractivity contribution < 1.29 is 24.5 Å². The van der Waals surface area contributed by atoms with E-state index < -0.39 is 18.2 Å². The molecule has 57 heavy (non-hydrogen) atoms. The summed E-state index contributed by atoms with van der Waals surface area (Å²) in [4.78, 5) is 26.0. The second kappa shape index (κ2) is 45.7. The third-order valence-electron chi connectivity index (χ3n) is 11.8. The molecule has 0 bridgehead atoms. The molecule has 0 fully saturated rings. The highest BCUT2D eigenvalue weighted by Gasteiger charge is 2.24. The molecule has 0 aliphatic heterocycles. The van der Waals surface area contributed by atoms with Gasteiger partial charge < -0.3 is 20.3 Å². The fourth-order valence-electron chi connectivity index (χ4n) is 7.96. The van der Waals surface area contributed by atoms with Crippen LogP contribution in [0.4, 0.5) is 0 Å². The zero-order chi connectivity index (χ0) is 41.7. The van der Waals surface area contributed by atoms with Crippen molar-refractivity contribution in [2.24, 2.45) is 0 Å². The second-order valence-corrected chi connectivity index (χ2v) is 17.6. The molecule has 0 spiro atoms. The summed E-state index contributed by atoms with van der Waals surface area (Å²) in [6.45, 7) is 6.48. The van der Waals surface area contributed by atoms with Crippen LogP contribution in [-0.2, 0) is 14.3 Å². The lowest BCUT2D eigenvalue weighted by Crippen LogP contribution is -2.46. The van der Waals surface area contributed by atoms with Crippen LogP contribution in [0.3, 0.4) is 0 Å². The van der Waals surface area contributed by atoms with Crippen molar-refractivity contribution in [2.75, 3.05) is 6.61 Å². The summed E-state index contributed by atoms with van der Waals surface area (Å²) in [5, 5.41) is 23.7. The molecule has 0 heterocycles. The monoisotopic (exact) mass is 806 g/mol. The first-order valence-electron chi connectivity index (χ1n) is 25.4. The SMILES string of the molecule is CCCCCCCCCCC/C=C/CCCCCC(CC(=O)NC(CO)C(O)CCCCCCCCCCCCCCC)OC(=O)CCCCCCCCCCC. The van der Waals surface area contributed by atoms with Gasteiger partial charge in [-0.2, -0.15) is 0 Å². The average Bonchev–Trinajstić information content (AvgIpc) is 3.20. The topological polar surface area (TPSA) is 95.9 Å². The number of carbonyl (C=O) groups excluding carboxylic acids is 2. The molecule has 0 aromatic rings. The van der Waals surface area contributed by atoms with Gasteiger partial charge in [-0.1, -0.05) is 226 Å². The first-order valence-corrected chi connectivity index (χ1v) is 25.4. The van der Waals surface area contributed by atoms with Gasteiger partial charge in [0.05, 0.1) is 25.2 Å². The number of unbranched alkanes of at least 4 members (excludes halogenated alkanes) is 32. The summed E-state index contributed by atoms with van der Waals surface area (Å²) in [5.74, 6) is -0.477. The molecule has 3 unspecified atom stereocenters. The fourth-order valence-corrected chi connectivity index (χ4v) is 7.96. The number of hydrogen-bond acceptors (Lipinski definition) is 5. The molecule has 0 aliphatic carbocycles. The maximum absolute atomic E-state index is 13.2. The number of rotatable bonds is 46. The predicted molar refractivity (Wildman–Crippen MR) is 246 cm³/mol. The molecule has 6 heteroatoms. The standard InChI is InChI=1S/C51H99NO5/c1-4-7-10-13-16-19-21-23-24-25-27-28-31-33-36-39-42-47(57-51(56)44-41-38-35-30-18-15-12-9-6-3)45-50(55)52-48(46-53)49(54)43-40-37-34-32-29-26-22-20-17-14-11-8-5-2/h27-28,47-49,53-54H,4-26,29-46H2,1-3H3,(H,52,55)/b28-27+. The van der Waals surface area contributed by atoms with Crippen LogP contribution >= 0.6 is 0 Å². The Morgan fingerprint density at radius 1 is 0.491 bits per heavy atom. The van der Waals surface area contributed by atoms with Gasteiger partial charge in [0.2, 0.25) is 5.91 Å². The summed E-state index contributed by atoms with van der Waals surface area (Å²) in [6.07, 6.45) is 49.9. The van der Waals surface area contributed by atoms with Gasteiger partial charge in [0.15, 0.2) is 0 Å². The van der Waals surface area contributed by atoms with Crippen LogP contribution in [0.1, 0.15) is 278 Å². The van der Waals surface area contributed by atoms with Crippen molar-refractivity contribution in [1.29, 1.82) is 0 Å². The Labute approximate surface area is 355 Å². The van der Waals surface area contributed by atoms with Crippen molar-refractivity contribution in [3.05, 3.63) is 12.2 Å². The Morgan fingerprint density at radius 2 is 0.842 bits per heavy atom. The van der Waals surface area contributed by atoms with Gasteiger partial charge >= 0.3 is 5.97 Å². The summed E-state index contributed by atoms with van der Waals surface area (Å²) < 4.78 is 5.91. The van der Waals surface area contributed by atoms with E-state index in [1.807, 2.05) is 0 Å². The van der Waals surface area contributed by atoms with Crippen LogP contribution in [0.5, 0.6) is 0 Å². The molecule has 0 radical (unpaired) electrons. The molecule has 0 aromatic heterocycles. The van der Waals surface area contributed by atoms with Crippen molar-refractivity contribution in [1.82, 2.24) is 5.32 Å². The summed E-state index contributed by atoms with van der Waals surface area (Å²) in [5.41, 5.74) is 0. The highest BCUT2D eigenvalue weighted by molar-refractivity contribution is 5.77. The van der Waals surface area contributed by atoms with Crippen molar-refractivity contribution in [2.45, 2.75) is 296 Å². The van der Waals surface area contributed by atoms with Crippen LogP contribution in [0.15, 0.2) is 12.2 Å². The van der Waals surface area contributed by atoms with E-state index in [2.05, 4.69) is 38.2 Å². The highest BCUT2D eigenvalue weighted by Crippen LogP contribution is 2.18. The minimum Gasteiger partial charge on any atom is -0.462 e. The van der Waals surface area contributed by atoms with Crippen molar-refractivity contribution in [3.63, 3.8) is 0 Å². The molecule has 6 nitrogen and oxygen atoms in total. The molecule has 338 valence electrons. The van der Waals surface area contributed by atoms with E-state index in [9.17, 15) is 19.8 Å². The van der Waals surface area contributed by atoms with Gasteiger partial charge in [0.1, 0.15) is 6.10 Å². The summed E-state index contributed by atoms with van der Waals surface area (Å²) in [7, 11) is 0. The number of carbonyl (C=O) groups is 2. The summed E-state index contributed by atoms with van der Waals surface area (Å²) in [6, 6.07) is -0.699. The minimum absolute atomic E-state index is 0.0735. The Morgan fingerprint density at radius 3 is 1.26 bits per heavy atom. The first-order chi connectivity index (χ1) is 28.0. The van der Waals surface area contributed by atoms with Gasteiger partial charge in [-0.25, -0.2) is 0 Å². The second-order valence-electron chi connectivity index (χ2n) is 17.6. The highest BCUT2D eigenvalue weighted by atomic mass is 16.5. The maximum Gasteiger partial charge on any atom is 0.306 e. The van der Waals surface area contributed by atoms with E-state index in [4.69, 9.17) is 4.74 Å². The third-order valence-corrected chi connectivity index (χ3v) is 11.8. The van der Waals surface area contributed by atoms with Gasteiger partial charge in [0.25, 0.3) is 0 Å². The average molecular weight is 806 g/mol. The van der Waals surface area contributed by atoms with Crippen LogP contribution < -0.4 is 5.32 Å². The fraction of sp³-hybridized carbons (Fsp3) is 0.922. The number of aliphatic hydroxyl groups excluding tert-OH is 2. The van der Waals surface area contributed by atoms with Gasteiger partial charge in [-0.3, -0.25) is 9.59 Å². The molecule has 0 aromatic carbocycles. The smallest absolute Gasteiger partial charge is 0.306 e. The Hall–Kier alpha value is -1.40. The molecule has 0 rings (SSSR count). The number of nitrogens with one attached hydrogen (secondary N) is 1. The van der Waals surface area contributed by atoms with Gasteiger partial charge in [0, 0.05) is 6.42 Å². The number of esters is 1. The van der Waals surface area contributed by atoms with E-state index in [1.165, 1.54) is 173 Å². The number of aliphatic hydroxyl groups is 2. The Balaban J connectivity index is 4.53. The van der Waals surface area contributed by atoms with Crippen LogP contribution in [0.2, 0.25) is 0 Å². The number of hydrogen-bond donors (Lipinski definition) is 3. The molecule has 1 amide bonds. The van der Waals surface area contributed by atoms with E-state index in [0.717, 1.165) is 57.8 Å². The maximum atomic E-state index is 13.2. The molecule has 3 atom stereocenters. The number of allylic oxidation sites excluding steroid dienone is 2. The van der Waals surface area contributed by atoms with E-state index in [0.29, 0.717) is 19.3 Å². The molecular formula is C51H99NO5. The van der Waals surface area contributed by atoms with Crippen LogP contribution in [0, 0.1) is 0 Å². The molecule has 0 saturated heterocycles. The lowest BCUT2D eigenvalue weighted by Gasteiger charge is -2.24. The van der Waals surface area contributed by atoms with Crippen molar-refractivity contribution >= 4 is 11.9 Å². The molecule has 3 N–H and O–H groups in total. The minimum atomic E-state index is -0.785. The number of ether oxygens (including phenoxy) is 1. The molecule has 0 aliphatic rings. The van der Waals surface area contributed by atoms with Gasteiger partial charge in [-0.05, 0) is 51.4 Å². The third kappa shape index (κ3) is 41.1. The van der Waals surface area contributed by atoms with Crippen molar-refractivity contribution in [3.8, 4) is 0 Å². The van der Waals surface area contributed by atoms with Crippen LogP contribution in [0.25, 0.3) is 0 Å². The predicted octanol–water partition coefficient (Wildman–Crippen LogP) is 15.0. The summed E-state index contributed by atoms with van der Waals surface area (Å²) >= 11 is 0. The van der Waals surface area contributed by atoms with E-state index in [-0.39, 0.29) is 24.9 Å². The lowest BCUT2D eigenvalue weighted by atomic mass is 10.0. The zero-order valence-electron chi connectivity index (χ0n) is 38.5.